The molecule has 0 heterocycles. The third kappa shape index (κ3) is 3.55. The van der Waals surface area contributed by atoms with E-state index in [1.54, 1.807) is 13.0 Å². The van der Waals surface area contributed by atoms with E-state index in [4.69, 9.17) is 4.74 Å². The molecule has 0 amide bonds. The Hall–Kier alpha value is -1.87. The molecule has 2 rings (SSSR count). The van der Waals surface area contributed by atoms with Crippen molar-refractivity contribution in [2.45, 2.75) is 26.6 Å². The van der Waals surface area contributed by atoms with Gasteiger partial charge in [0.1, 0.15) is 18.2 Å². The van der Waals surface area contributed by atoms with E-state index in [1.165, 1.54) is 17.7 Å². The van der Waals surface area contributed by atoms with Gasteiger partial charge in [0.2, 0.25) is 0 Å². The van der Waals surface area contributed by atoms with Crippen LogP contribution in [0.4, 0.5) is 4.39 Å². The highest BCUT2D eigenvalue weighted by molar-refractivity contribution is 5.35. The van der Waals surface area contributed by atoms with Gasteiger partial charge in [-0.3, -0.25) is 0 Å². The van der Waals surface area contributed by atoms with Gasteiger partial charge >= 0.3 is 0 Å². The minimum absolute atomic E-state index is 0.376. The van der Waals surface area contributed by atoms with Crippen LogP contribution in [0.15, 0.2) is 42.5 Å². The maximum atomic E-state index is 13.1. The fraction of sp³-hybridized carbons (Fsp3) is 0.250. The molecule has 19 heavy (non-hydrogen) atoms. The molecule has 1 atom stereocenters. The number of ether oxygens (including phenoxy) is 1. The monoisotopic (exact) mass is 260 g/mol. The van der Waals surface area contributed by atoms with E-state index in [2.05, 4.69) is 0 Å². The maximum absolute atomic E-state index is 13.1. The highest BCUT2D eigenvalue weighted by Gasteiger charge is 2.10. The number of aliphatic hydroxyl groups excluding tert-OH is 1. The summed E-state index contributed by atoms with van der Waals surface area (Å²) in [6.07, 6.45) is -0.760. The first-order valence-electron chi connectivity index (χ1n) is 6.22. The van der Waals surface area contributed by atoms with Crippen LogP contribution in [0.1, 0.15) is 29.7 Å². The zero-order chi connectivity index (χ0) is 13.8. The Kier molecular flexibility index (Phi) is 4.17. The standard InChI is InChI=1S/C16H17FO2/c1-11-3-5-13(6-4-11)10-19-16-8-7-14(17)9-15(16)12(2)18/h3-9,12,18H,10H2,1-2H3. The third-order valence-electron chi connectivity index (χ3n) is 2.94. The molecule has 0 spiro atoms. The minimum atomic E-state index is -0.760. The Morgan fingerprint density at radius 3 is 2.47 bits per heavy atom. The van der Waals surface area contributed by atoms with Crippen LogP contribution >= 0.6 is 0 Å². The van der Waals surface area contributed by atoms with Crippen molar-refractivity contribution >= 4 is 0 Å². The van der Waals surface area contributed by atoms with Crippen LogP contribution in [0, 0.1) is 12.7 Å². The molecule has 100 valence electrons. The summed E-state index contributed by atoms with van der Waals surface area (Å²) in [6.45, 7) is 4.01. The van der Waals surface area contributed by atoms with Crippen molar-refractivity contribution in [2.75, 3.05) is 0 Å². The Balaban J connectivity index is 2.13. The Morgan fingerprint density at radius 1 is 1.16 bits per heavy atom. The van der Waals surface area contributed by atoms with Gasteiger partial charge in [0.25, 0.3) is 0 Å². The zero-order valence-electron chi connectivity index (χ0n) is 11.1. The van der Waals surface area contributed by atoms with Crippen LogP contribution < -0.4 is 4.74 Å². The first-order valence-corrected chi connectivity index (χ1v) is 6.22. The normalized spacial score (nSPS) is 12.2. The molecule has 0 saturated carbocycles. The summed E-state index contributed by atoms with van der Waals surface area (Å²) in [5.74, 6) is 0.135. The summed E-state index contributed by atoms with van der Waals surface area (Å²) in [7, 11) is 0. The summed E-state index contributed by atoms with van der Waals surface area (Å²) >= 11 is 0. The van der Waals surface area contributed by atoms with Crippen LogP contribution in [-0.2, 0) is 6.61 Å². The molecule has 0 aliphatic rings. The number of hydrogen-bond acceptors (Lipinski definition) is 2. The molecule has 0 saturated heterocycles. The van der Waals surface area contributed by atoms with E-state index in [0.717, 1.165) is 5.56 Å². The molecule has 0 fully saturated rings. The molecule has 0 aliphatic carbocycles. The highest BCUT2D eigenvalue weighted by Crippen LogP contribution is 2.26. The van der Waals surface area contributed by atoms with E-state index in [9.17, 15) is 9.50 Å². The van der Waals surface area contributed by atoms with Gasteiger partial charge in [0, 0.05) is 5.56 Å². The first kappa shape index (κ1) is 13.6. The van der Waals surface area contributed by atoms with E-state index in [-0.39, 0.29) is 5.82 Å². The highest BCUT2D eigenvalue weighted by atomic mass is 19.1. The van der Waals surface area contributed by atoms with E-state index < -0.39 is 6.10 Å². The molecule has 1 N–H and O–H groups in total. The lowest BCUT2D eigenvalue weighted by Gasteiger charge is -2.13. The van der Waals surface area contributed by atoms with Crippen molar-refractivity contribution in [1.29, 1.82) is 0 Å². The van der Waals surface area contributed by atoms with Gasteiger partial charge in [-0.25, -0.2) is 4.39 Å². The van der Waals surface area contributed by atoms with Crippen molar-refractivity contribution in [3.05, 3.63) is 65.0 Å². The second kappa shape index (κ2) is 5.85. The average molecular weight is 260 g/mol. The molecule has 1 unspecified atom stereocenters. The summed E-state index contributed by atoms with van der Waals surface area (Å²) in [5, 5.41) is 9.62. The average Bonchev–Trinajstić information content (AvgIpc) is 2.39. The fourth-order valence-corrected chi connectivity index (χ4v) is 1.82. The molecule has 2 aromatic carbocycles. The van der Waals surface area contributed by atoms with Crippen molar-refractivity contribution in [3.8, 4) is 5.75 Å². The van der Waals surface area contributed by atoms with E-state index >= 15 is 0 Å². The van der Waals surface area contributed by atoms with Gasteiger partial charge in [0.05, 0.1) is 6.10 Å². The van der Waals surface area contributed by atoms with Crippen LogP contribution in [-0.4, -0.2) is 5.11 Å². The Labute approximate surface area is 112 Å². The predicted octanol–water partition coefficient (Wildman–Crippen LogP) is 3.77. The number of rotatable bonds is 4. The molecule has 2 aromatic rings. The van der Waals surface area contributed by atoms with Crippen molar-refractivity contribution < 1.29 is 14.2 Å². The van der Waals surface area contributed by atoms with E-state index in [1.807, 2.05) is 31.2 Å². The van der Waals surface area contributed by atoms with Crippen LogP contribution in [0.3, 0.4) is 0 Å². The fourth-order valence-electron chi connectivity index (χ4n) is 1.82. The lowest BCUT2D eigenvalue weighted by Crippen LogP contribution is -2.01. The quantitative estimate of drug-likeness (QED) is 0.906. The largest absolute Gasteiger partial charge is 0.489 e. The SMILES string of the molecule is Cc1ccc(COc2ccc(F)cc2C(C)O)cc1. The minimum Gasteiger partial charge on any atom is -0.489 e. The van der Waals surface area contributed by atoms with Crippen molar-refractivity contribution in [1.82, 2.24) is 0 Å². The third-order valence-corrected chi connectivity index (χ3v) is 2.94. The lowest BCUT2D eigenvalue weighted by molar-refractivity contribution is 0.189. The van der Waals surface area contributed by atoms with E-state index in [0.29, 0.717) is 17.9 Å². The van der Waals surface area contributed by atoms with Gasteiger partial charge < -0.3 is 9.84 Å². The topological polar surface area (TPSA) is 29.5 Å². The zero-order valence-corrected chi connectivity index (χ0v) is 11.1. The summed E-state index contributed by atoms with van der Waals surface area (Å²) in [6, 6.07) is 12.2. The second-order valence-corrected chi connectivity index (χ2v) is 4.63. The lowest BCUT2D eigenvalue weighted by atomic mass is 10.1. The predicted molar refractivity (Wildman–Crippen MR) is 72.5 cm³/mol. The van der Waals surface area contributed by atoms with Gasteiger partial charge in [-0.1, -0.05) is 29.8 Å². The second-order valence-electron chi connectivity index (χ2n) is 4.63. The van der Waals surface area contributed by atoms with Gasteiger partial charge in [0.15, 0.2) is 0 Å². The molecular weight excluding hydrogens is 243 g/mol. The van der Waals surface area contributed by atoms with Crippen LogP contribution in [0.5, 0.6) is 5.75 Å². The Morgan fingerprint density at radius 2 is 1.84 bits per heavy atom. The summed E-state index contributed by atoms with van der Waals surface area (Å²) in [4.78, 5) is 0. The molecule has 3 heteroatoms. The van der Waals surface area contributed by atoms with Crippen LogP contribution in [0.2, 0.25) is 0 Å². The van der Waals surface area contributed by atoms with Gasteiger partial charge in [-0.05, 0) is 37.6 Å². The number of halogens is 1. The van der Waals surface area contributed by atoms with Gasteiger partial charge in [-0.2, -0.15) is 0 Å². The van der Waals surface area contributed by atoms with Gasteiger partial charge in [-0.15, -0.1) is 0 Å². The molecule has 0 radical (unpaired) electrons. The Bertz CT molecular complexity index is 547. The molecular formula is C16H17FO2. The number of aliphatic hydroxyl groups is 1. The van der Waals surface area contributed by atoms with Crippen molar-refractivity contribution in [3.63, 3.8) is 0 Å². The number of benzene rings is 2. The molecule has 0 bridgehead atoms. The van der Waals surface area contributed by atoms with Crippen molar-refractivity contribution in [2.24, 2.45) is 0 Å². The smallest absolute Gasteiger partial charge is 0.125 e. The maximum Gasteiger partial charge on any atom is 0.125 e. The molecule has 0 aliphatic heterocycles. The number of aryl methyl sites for hydroxylation is 1. The molecule has 0 aromatic heterocycles. The first-order chi connectivity index (χ1) is 9.06. The summed E-state index contributed by atoms with van der Waals surface area (Å²) in [5.41, 5.74) is 2.69. The van der Waals surface area contributed by atoms with Crippen LogP contribution in [0.25, 0.3) is 0 Å². The summed E-state index contributed by atoms with van der Waals surface area (Å²) < 4.78 is 18.8. The number of hydrogen-bond donors (Lipinski definition) is 1. The molecule has 2 nitrogen and oxygen atoms in total.